The highest BCUT2D eigenvalue weighted by Gasteiger charge is 2.31. The summed E-state index contributed by atoms with van der Waals surface area (Å²) in [5.74, 6) is 4.94. The number of ether oxygens (including phenoxy) is 1. The molecule has 0 spiro atoms. The minimum atomic E-state index is -0.839. The Morgan fingerprint density at radius 3 is 2.78 bits per heavy atom. The molecule has 1 aromatic rings. The van der Waals surface area contributed by atoms with E-state index in [1.165, 1.54) is 0 Å². The number of carbonyl (C=O) groups is 3. The van der Waals surface area contributed by atoms with Gasteiger partial charge < -0.3 is 20.1 Å². The van der Waals surface area contributed by atoms with Gasteiger partial charge in [-0.25, -0.2) is 4.79 Å². The number of hydrogen-bond donors (Lipinski definition) is 2. The van der Waals surface area contributed by atoms with Crippen molar-refractivity contribution in [3.05, 3.63) is 35.9 Å². The first-order valence-electron chi connectivity index (χ1n) is 8.98. The van der Waals surface area contributed by atoms with Crippen LogP contribution in [0.15, 0.2) is 30.3 Å². The molecule has 1 fully saturated rings. The van der Waals surface area contributed by atoms with Gasteiger partial charge in [0.05, 0.1) is 12.6 Å². The molecule has 144 valence electrons. The van der Waals surface area contributed by atoms with Crippen molar-refractivity contribution in [3.63, 3.8) is 0 Å². The van der Waals surface area contributed by atoms with Crippen molar-refractivity contribution in [2.75, 3.05) is 13.2 Å². The summed E-state index contributed by atoms with van der Waals surface area (Å²) in [4.78, 5) is 35.9. The number of aliphatic carboxylic acids is 1. The average Bonchev–Trinajstić information content (AvgIpc) is 3.01. The number of likely N-dealkylation sites (tertiary alicyclic amines) is 1. The third-order valence-electron chi connectivity index (χ3n) is 4.21. The minimum Gasteiger partial charge on any atom is -0.481 e. The zero-order valence-corrected chi connectivity index (χ0v) is 15.1. The Morgan fingerprint density at radius 2 is 2.04 bits per heavy atom. The summed E-state index contributed by atoms with van der Waals surface area (Å²) in [5.41, 5.74) is 0.977. The zero-order chi connectivity index (χ0) is 19.5. The summed E-state index contributed by atoms with van der Waals surface area (Å²) in [6, 6.07) is 9.34. The third kappa shape index (κ3) is 7.40. The van der Waals surface area contributed by atoms with Crippen molar-refractivity contribution >= 4 is 18.0 Å². The Morgan fingerprint density at radius 1 is 1.26 bits per heavy atom. The summed E-state index contributed by atoms with van der Waals surface area (Å²) >= 11 is 0. The van der Waals surface area contributed by atoms with Crippen LogP contribution >= 0.6 is 0 Å². The summed E-state index contributed by atoms with van der Waals surface area (Å²) in [7, 11) is 0. The van der Waals surface area contributed by atoms with Gasteiger partial charge in [-0.15, -0.1) is 5.92 Å². The quantitative estimate of drug-likeness (QED) is 0.538. The van der Waals surface area contributed by atoms with Crippen LogP contribution < -0.4 is 5.32 Å². The lowest BCUT2D eigenvalue weighted by Gasteiger charge is -2.22. The number of amides is 2. The second kappa shape index (κ2) is 10.9. The van der Waals surface area contributed by atoms with E-state index in [4.69, 9.17) is 9.84 Å². The molecule has 27 heavy (non-hydrogen) atoms. The number of hydrogen-bond acceptors (Lipinski definition) is 4. The van der Waals surface area contributed by atoms with Gasteiger partial charge >= 0.3 is 12.1 Å². The molecule has 2 N–H and O–H groups in total. The highest BCUT2D eigenvalue weighted by atomic mass is 16.5. The summed E-state index contributed by atoms with van der Waals surface area (Å²) in [6.07, 6.45) is 1.59. The first-order valence-corrected chi connectivity index (χ1v) is 8.98. The van der Waals surface area contributed by atoms with Gasteiger partial charge in [0.25, 0.3) is 0 Å². The minimum absolute atomic E-state index is 0.00636. The predicted octanol–water partition coefficient (Wildman–Crippen LogP) is 2.16. The second-order valence-corrected chi connectivity index (χ2v) is 6.25. The molecule has 0 aromatic heterocycles. The molecule has 0 bridgehead atoms. The molecule has 0 unspecified atom stereocenters. The van der Waals surface area contributed by atoms with Crippen LogP contribution in [-0.2, 0) is 20.9 Å². The standard InChI is InChI=1S/C20H24N2O5/c23-18-12-11-17(22(18)13-7-2-1-6-10-19(24)25)15-27-20(26)21-14-16-8-4-3-5-9-16/h3-5,8-9,17H,1,6,10-15H2,(H,21,26)(H,24,25)/t17-/m1/s1. The maximum absolute atomic E-state index is 12.0. The van der Waals surface area contributed by atoms with Crippen LogP contribution in [0.5, 0.6) is 0 Å². The number of carbonyl (C=O) groups excluding carboxylic acids is 2. The highest BCUT2D eigenvalue weighted by Crippen LogP contribution is 2.18. The van der Waals surface area contributed by atoms with Crippen molar-refractivity contribution < 1.29 is 24.2 Å². The van der Waals surface area contributed by atoms with Crippen LogP contribution in [0.4, 0.5) is 4.79 Å². The monoisotopic (exact) mass is 372 g/mol. The molecule has 1 aliphatic rings. The van der Waals surface area contributed by atoms with Crippen LogP contribution in [0.25, 0.3) is 0 Å². The Kier molecular flexibility index (Phi) is 8.17. The van der Waals surface area contributed by atoms with Gasteiger partial charge in [-0.05, 0) is 18.4 Å². The number of alkyl carbamates (subject to hydrolysis) is 1. The fourth-order valence-corrected chi connectivity index (χ4v) is 2.73. The van der Waals surface area contributed by atoms with Gasteiger partial charge in [0, 0.05) is 25.8 Å². The lowest BCUT2D eigenvalue weighted by atomic mass is 10.2. The molecule has 1 atom stereocenters. The number of unbranched alkanes of at least 4 members (excludes halogenated alkanes) is 1. The molecule has 2 rings (SSSR count). The normalized spacial score (nSPS) is 15.8. The fraction of sp³-hybridized carbons (Fsp3) is 0.450. The van der Waals surface area contributed by atoms with Gasteiger partial charge in [0.1, 0.15) is 6.61 Å². The molecule has 1 aromatic carbocycles. The molecule has 7 heteroatoms. The zero-order valence-electron chi connectivity index (χ0n) is 15.1. The summed E-state index contributed by atoms with van der Waals surface area (Å²) in [5, 5.41) is 11.3. The van der Waals surface area contributed by atoms with E-state index in [9.17, 15) is 14.4 Å². The molecule has 7 nitrogen and oxygen atoms in total. The molecule has 1 heterocycles. The molecule has 2 amide bonds. The van der Waals surface area contributed by atoms with E-state index in [2.05, 4.69) is 17.2 Å². The lowest BCUT2D eigenvalue weighted by molar-refractivity contribution is -0.137. The Bertz CT molecular complexity index is 708. The summed E-state index contributed by atoms with van der Waals surface area (Å²) in [6.45, 7) is 0.785. The number of rotatable bonds is 8. The van der Waals surface area contributed by atoms with Crippen LogP contribution in [0.2, 0.25) is 0 Å². The van der Waals surface area contributed by atoms with E-state index in [-0.39, 0.29) is 31.5 Å². The highest BCUT2D eigenvalue weighted by molar-refractivity contribution is 5.79. The van der Waals surface area contributed by atoms with E-state index in [1.54, 1.807) is 4.90 Å². The van der Waals surface area contributed by atoms with Gasteiger partial charge in [0.2, 0.25) is 5.91 Å². The Labute approximate surface area is 158 Å². The van der Waals surface area contributed by atoms with Gasteiger partial charge in [-0.2, -0.15) is 0 Å². The maximum Gasteiger partial charge on any atom is 0.407 e. The topological polar surface area (TPSA) is 95.9 Å². The fourth-order valence-electron chi connectivity index (χ4n) is 2.73. The second-order valence-electron chi connectivity index (χ2n) is 6.25. The van der Waals surface area contributed by atoms with Crippen molar-refractivity contribution in [3.8, 4) is 11.8 Å². The van der Waals surface area contributed by atoms with E-state index < -0.39 is 12.1 Å². The molecule has 0 radical (unpaired) electrons. The first kappa shape index (κ1) is 20.3. The number of nitrogens with one attached hydrogen (secondary N) is 1. The average molecular weight is 372 g/mol. The predicted molar refractivity (Wildman–Crippen MR) is 98.6 cm³/mol. The Hall–Kier alpha value is -3.01. The summed E-state index contributed by atoms with van der Waals surface area (Å²) < 4.78 is 5.24. The van der Waals surface area contributed by atoms with Crippen molar-refractivity contribution in [1.82, 2.24) is 10.2 Å². The number of benzene rings is 1. The van der Waals surface area contributed by atoms with Crippen LogP contribution in [0.1, 0.15) is 37.7 Å². The maximum atomic E-state index is 12.0. The van der Waals surface area contributed by atoms with E-state index in [0.29, 0.717) is 32.2 Å². The Balaban J connectivity index is 1.71. The number of carboxylic acids is 1. The molecule has 1 saturated heterocycles. The van der Waals surface area contributed by atoms with Crippen molar-refractivity contribution in [2.45, 2.75) is 44.7 Å². The number of carboxylic acid groups (broad SMARTS) is 1. The van der Waals surface area contributed by atoms with E-state index in [1.807, 2.05) is 30.3 Å². The van der Waals surface area contributed by atoms with Crippen LogP contribution in [-0.4, -0.2) is 47.2 Å². The van der Waals surface area contributed by atoms with Gasteiger partial charge in [0.15, 0.2) is 0 Å². The molecule has 1 aliphatic heterocycles. The smallest absolute Gasteiger partial charge is 0.407 e. The third-order valence-corrected chi connectivity index (χ3v) is 4.21. The van der Waals surface area contributed by atoms with Crippen LogP contribution in [0.3, 0.4) is 0 Å². The van der Waals surface area contributed by atoms with E-state index in [0.717, 1.165) is 5.56 Å². The van der Waals surface area contributed by atoms with Crippen molar-refractivity contribution in [1.29, 1.82) is 0 Å². The largest absolute Gasteiger partial charge is 0.481 e. The molecule has 0 saturated carbocycles. The number of nitrogens with zero attached hydrogens (tertiary/aromatic N) is 1. The molecular formula is C20H24N2O5. The molecular weight excluding hydrogens is 348 g/mol. The van der Waals surface area contributed by atoms with E-state index >= 15 is 0 Å². The molecule has 0 aliphatic carbocycles. The lowest BCUT2D eigenvalue weighted by Crippen LogP contribution is -2.38. The first-order chi connectivity index (χ1) is 13.1. The van der Waals surface area contributed by atoms with Crippen LogP contribution in [0, 0.1) is 11.8 Å². The van der Waals surface area contributed by atoms with Crippen molar-refractivity contribution in [2.24, 2.45) is 0 Å². The van der Waals surface area contributed by atoms with Gasteiger partial charge in [-0.1, -0.05) is 36.3 Å². The van der Waals surface area contributed by atoms with Gasteiger partial charge in [-0.3, -0.25) is 9.59 Å². The SMILES string of the molecule is O=C(O)CCCC#CCN1C(=O)CC[C@@H]1COC(=O)NCc1ccccc1.